The predicted octanol–water partition coefficient (Wildman–Crippen LogP) is 0.804. The fourth-order valence-corrected chi connectivity index (χ4v) is 3.37. The number of carbonyl (C=O) groups excluding carboxylic acids is 1. The number of aromatic nitrogens is 2. The maximum Gasteiger partial charge on any atom is 0.311 e. The van der Waals surface area contributed by atoms with Crippen LogP contribution in [0.5, 0.6) is 0 Å². The molecule has 0 aromatic carbocycles. The molecule has 1 amide bonds. The van der Waals surface area contributed by atoms with Crippen LogP contribution in [-0.4, -0.2) is 44.9 Å². The van der Waals surface area contributed by atoms with E-state index in [0.717, 1.165) is 12.8 Å². The molecule has 0 radical (unpaired) electrons. The summed E-state index contributed by atoms with van der Waals surface area (Å²) in [6.45, 7) is 0.810. The Kier molecular flexibility index (Phi) is 2.73. The van der Waals surface area contributed by atoms with Gasteiger partial charge in [0.1, 0.15) is 5.69 Å². The number of likely N-dealkylation sites (tertiary alicyclic amines) is 1. The number of carboxylic acid groups (broad SMARTS) is 1. The van der Waals surface area contributed by atoms with Crippen molar-refractivity contribution in [1.29, 1.82) is 0 Å². The number of aliphatic carboxylic acids is 1. The van der Waals surface area contributed by atoms with Crippen molar-refractivity contribution in [2.45, 2.75) is 19.3 Å². The number of carbonyl (C=O) groups is 2. The summed E-state index contributed by atoms with van der Waals surface area (Å²) in [6, 6.07) is 0. The zero-order chi connectivity index (χ0) is 13.5. The van der Waals surface area contributed by atoms with E-state index in [0.29, 0.717) is 19.5 Å². The summed E-state index contributed by atoms with van der Waals surface area (Å²) in [5.74, 6) is -0.918. The van der Waals surface area contributed by atoms with E-state index in [9.17, 15) is 14.7 Å². The van der Waals surface area contributed by atoms with Gasteiger partial charge in [-0.2, -0.15) is 0 Å². The lowest BCUT2D eigenvalue weighted by molar-refractivity contribution is -0.149. The number of carboxylic acids is 1. The van der Waals surface area contributed by atoms with Gasteiger partial charge in [-0.15, -0.1) is 0 Å². The van der Waals surface area contributed by atoms with Crippen molar-refractivity contribution < 1.29 is 14.7 Å². The van der Waals surface area contributed by atoms with Crippen molar-refractivity contribution in [1.82, 2.24) is 14.9 Å². The summed E-state index contributed by atoms with van der Waals surface area (Å²) in [5.41, 5.74) is -0.458. The number of fused-ring (bicyclic) bond motifs is 1. The lowest BCUT2D eigenvalue weighted by atomic mass is 9.81. The van der Waals surface area contributed by atoms with Gasteiger partial charge in [0.2, 0.25) is 0 Å². The van der Waals surface area contributed by atoms with Crippen molar-refractivity contribution >= 4 is 11.9 Å². The highest BCUT2D eigenvalue weighted by Crippen LogP contribution is 2.49. The molecule has 1 saturated heterocycles. The average molecular weight is 261 g/mol. The molecule has 100 valence electrons. The van der Waals surface area contributed by atoms with Crippen molar-refractivity contribution in [3.8, 4) is 0 Å². The molecular formula is C13H15N3O3. The maximum absolute atomic E-state index is 12.3. The largest absolute Gasteiger partial charge is 0.481 e. The van der Waals surface area contributed by atoms with Crippen LogP contribution >= 0.6 is 0 Å². The highest BCUT2D eigenvalue weighted by Gasteiger charge is 2.55. The minimum atomic E-state index is -0.774. The van der Waals surface area contributed by atoms with Gasteiger partial charge in [-0.05, 0) is 18.8 Å². The van der Waals surface area contributed by atoms with Gasteiger partial charge < -0.3 is 10.0 Å². The quantitative estimate of drug-likeness (QED) is 0.851. The normalized spacial score (nSPS) is 29.3. The van der Waals surface area contributed by atoms with Gasteiger partial charge in [0.05, 0.1) is 11.6 Å². The number of amides is 1. The lowest BCUT2D eigenvalue weighted by Gasteiger charge is -2.23. The Bertz CT molecular complexity index is 519. The molecule has 6 nitrogen and oxygen atoms in total. The Hall–Kier alpha value is -1.98. The molecule has 2 aliphatic rings. The summed E-state index contributed by atoms with van der Waals surface area (Å²) in [5, 5.41) is 9.48. The van der Waals surface area contributed by atoms with Crippen LogP contribution in [0, 0.1) is 11.3 Å². The number of nitrogens with zero attached hydrogens (tertiary/aromatic N) is 3. The van der Waals surface area contributed by atoms with Crippen LogP contribution < -0.4 is 0 Å². The van der Waals surface area contributed by atoms with Crippen molar-refractivity contribution in [3.05, 3.63) is 24.3 Å². The molecule has 2 atom stereocenters. The molecule has 1 N–H and O–H groups in total. The fraction of sp³-hybridized carbons (Fsp3) is 0.538. The van der Waals surface area contributed by atoms with Gasteiger partial charge in [-0.25, -0.2) is 4.98 Å². The number of hydrogen-bond donors (Lipinski definition) is 1. The average Bonchev–Trinajstić information content (AvgIpc) is 2.96. The summed E-state index contributed by atoms with van der Waals surface area (Å²) in [6.07, 6.45) is 6.88. The molecule has 0 unspecified atom stereocenters. The van der Waals surface area contributed by atoms with E-state index in [1.807, 2.05) is 0 Å². The monoisotopic (exact) mass is 261 g/mol. The molecule has 3 rings (SSSR count). The molecule has 1 aliphatic heterocycles. The molecule has 0 spiro atoms. The highest BCUT2D eigenvalue weighted by molar-refractivity contribution is 5.93. The third-order valence-corrected chi connectivity index (χ3v) is 4.37. The van der Waals surface area contributed by atoms with Crippen molar-refractivity contribution in [3.63, 3.8) is 0 Å². The minimum absolute atomic E-state index is 0.0746. The Balaban J connectivity index is 1.83. The third-order valence-electron chi connectivity index (χ3n) is 4.37. The first-order valence-corrected chi connectivity index (χ1v) is 6.42. The lowest BCUT2D eigenvalue weighted by Crippen LogP contribution is -2.37. The van der Waals surface area contributed by atoms with Crippen molar-refractivity contribution in [2.75, 3.05) is 13.1 Å². The number of hydrogen-bond acceptors (Lipinski definition) is 4. The second-order valence-corrected chi connectivity index (χ2v) is 5.33. The minimum Gasteiger partial charge on any atom is -0.481 e. The maximum atomic E-state index is 12.3. The number of rotatable bonds is 2. The Morgan fingerprint density at radius 1 is 1.42 bits per heavy atom. The standard InChI is InChI=1S/C13H15N3O3/c17-11(10-6-14-4-5-15-10)16-7-9-2-1-3-13(9,8-16)12(18)19/h4-6,9H,1-3,7-8H2,(H,18,19)/t9-,13+/m0/s1. The van der Waals surface area contributed by atoms with Crippen LogP contribution in [0.4, 0.5) is 0 Å². The van der Waals surface area contributed by atoms with Crippen LogP contribution in [0.15, 0.2) is 18.6 Å². The Morgan fingerprint density at radius 2 is 2.26 bits per heavy atom. The van der Waals surface area contributed by atoms with Gasteiger partial charge in [-0.1, -0.05) is 6.42 Å². The summed E-state index contributed by atoms with van der Waals surface area (Å²) in [7, 11) is 0. The van der Waals surface area contributed by atoms with Crippen molar-refractivity contribution in [2.24, 2.45) is 11.3 Å². The molecule has 19 heavy (non-hydrogen) atoms. The molecule has 1 aromatic rings. The Labute approximate surface area is 110 Å². The molecule has 2 fully saturated rings. The van der Waals surface area contributed by atoms with Gasteiger partial charge in [-0.3, -0.25) is 14.6 Å². The van der Waals surface area contributed by atoms with Gasteiger partial charge in [0.25, 0.3) is 5.91 Å². The van der Waals surface area contributed by atoms with Crippen LogP contribution in [0.25, 0.3) is 0 Å². The summed E-state index contributed by atoms with van der Waals surface area (Å²) >= 11 is 0. The topological polar surface area (TPSA) is 83.4 Å². The van der Waals surface area contributed by atoms with Crippen LogP contribution in [0.2, 0.25) is 0 Å². The second-order valence-electron chi connectivity index (χ2n) is 5.33. The van der Waals surface area contributed by atoms with Crippen LogP contribution in [0.1, 0.15) is 29.8 Å². The fourth-order valence-electron chi connectivity index (χ4n) is 3.37. The molecule has 0 bridgehead atoms. The Morgan fingerprint density at radius 3 is 2.89 bits per heavy atom. The van der Waals surface area contributed by atoms with E-state index in [-0.39, 0.29) is 17.5 Å². The first kappa shape index (κ1) is 12.1. The highest BCUT2D eigenvalue weighted by atomic mass is 16.4. The molecule has 6 heteroatoms. The second kappa shape index (κ2) is 4.29. The van der Waals surface area contributed by atoms with E-state index < -0.39 is 11.4 Å². The van der Waals surface area contributed by atoms with E-state index >= 15 is 0 Å². The van der Waals surface area contributed by atoms with E-state index in [2.05, 4.69) is 9.97 Å². The smallest absolute Gasteiger partial charge is 0.311 e. The van der Waals surface area contributed by atoms with Gasteiger partial charge in [0, 0.05) is 25.5 Å². The zero-order valence-corrected chi connectivity index (χ0v) is 10.5. The SMILES string of the molecule is O=C(c1cnccn1)N1C[C@@H]2CCC[C@@]2(C(=O)O)C1. The predicted molar refractivity (Wildman–Crippen MR) is 65.3 cm³/mol. The summed E-state index contributed by atoms with van der Waals surface area (Å²) in [4.78, 5) is 33.3. The molecule has 1 aromatic heterocycles. The first-order valence-electron chi connectivity index (χ1n) is 6.42. The molecule has 1 saturated carbocycles. The van der Waals surface area contributed by atoms with E-state index in [1.54, 1.807) is 4.90 Å². The van der Waals surface area contributed by atoms with Crippen LogP contribution in [0.3, 0.4) is 0 Å². The third kappa shape index (κ3) is 1.78. The van der Waals surface area contributed by atoms with E-state index in [1.165, 1.54) is 18.6 Å². The van der Waals surface area contributed by atoms with Gasteiger partial charge in [0.15, 0.2) is 0 Å². The zero-order valence-electron chi connectivity index (χ0n) is 10.5. The first-order chi connectivity index (χ1) is 9.13. The summed E-state index contributed by atoms with van der Waals surface area (Å²) < 4.78 is 0. The van der Waals surface area contributed by atoms with Crippen LogP contribution in [-0.2, 0) is 4.79 Å². The molecule has 1 aliphatic carbocycles. The molecule has 2 heterocycles. The molecular weight excluding hydrogens is 246 g/mol. The van der Waals surface area contributed by atoms with E-state index in [4.69, 9.17) is 0 Å². The van der Waals surface area contributed by atoms with Gasteiger partial charge >= 0.3 is 5.97 Å².